The summed E-state index contributed by atoms with van der Waals surface area (Å²) < 4.78 is 11.2. The highest BCUT2D eigenvalue weighted by molar-refractivity contribution is 5.79. The van der Waals surface area contributed by atoms with Gasteiger partial charge in [0.15, 0.2) is 11.8 Å². The summed E-state index contributed by atoms with van der Waals surface area (Å²) in [5.41, 5.74) is 0. The lowest BCUT2D eigenvalue weighted by Gasteiger charge is -2.22. The summed E-state index contributed by atoms with van der Waals surface area (Å²) in [6, 6.07) is 0. The molecule has 1 aliphatic rings. The standard InChI is InChI=1S/C20H37N5O2/c1-4-21-20(23-14-9-15-26-17-10-6-5-7-11-17)22-13-8-12-18-24-19(16(2)3)25-27-18/h16-17H,4-15H2,1-3H3,(H2,21,22,23). The lowest BCUT2D eigenvalue weighted by molar-refractivity contribution is 0.0277. The van der Waals surface area contributed by atoms with E-state index in [2.05, 4.69) is 46.5 Å². The number of guanidine groups is 1. The minimum Gasteiger partial charge on any atom is -0.378 e. The van der Waals surface area contributed by atoms with Gasteiger partial charge in [0, 0.05) is 38.6 Å². The number of ether oxygens (including phenoxy) is 1. The number of rotatable bonds is 11. The third-order valence-corrected chi connectivity index (χ3v) is 4.68. The quantitative estimate of drug-likeness (QED) is 0.348. The van der Waals surface area contributed by atoms with Crippen LogP contribution >= 0.6 is 0 Å². The first-order chi connectivity index (χ1) is 13.2. The number of nitrogens with one attached hydrogen (secondary N) is 2. The van der Waals surface area contributed by atoms with Crippen LogP contribution in [-0.4, -0.2) is 48.4 Å². The summed E-state index contributed by atoms with van der Waals surface area (Å²) in [6.45, 7) is 9.49. The molecule has 7 heteroatoms. The van der Waals surface area contributed by atoms with Crippen LogP contribution in [0.2, 0.25) is 0 Å². The van der Waals surface area contributed by atoms with Crippen molar-refractivity contribution in [1.82, 2.24) is 20.8 Å². The lowest BCUT2D eigenvalue weighted by Crippen LogP contribution is -2.38. The second-order valence-electron chi connectivity index (χ2n) is 7.48. The predicted octanol–water partition coefficient (Wildman–Crippen LogP) is 3.42. The van der Waals surface area contributed by atoms with Crippen molar-refractivity contribution < 1.29 is 9.26 Å². The van der Waals surface area contributed by atoms with Crippen LogP contribution < -0.4 is 10.6 Å². The molecule has 0 atom stereocenters. The Morgan fingerprint density at radius 2 is 2.04 bits per heavy atom. The highest BCUT2D eigenvalue weighted by Gasteiger charge is 2.13. The molecule has 0 spiro atoms. The summed E-state index contributed by atoms with van der Waals surface area (Å²) in [5, 5.41) is 10.7. The van der Waals surface area contributed by atoms with Crippen LogP contribution in [-0.2, 0) is 11.2 Å². The first kappa shape index (κ1) is 21.7. The summed E-state index contributed by atoms with van der Waals surface area (Å²) in [5.74, 6) is 2.64. The Labute approximate surface area is 163 Å². The van der Waals surface area contributed by atoms with Gasteiger partial charge in [0.1, 0.15) is 0 Å². The zero-order valence-corrected chi connectivity index (χ0v) is 17.3. The van der Waals surface area contributed by atoms with E-state index in [1.165, 1.54) is 32.1 Å². The fourth-order valence-electron chi connectivity index (χ4n) is 3.13. The van der Waals surface area contributed by atoms with E-state index in [1.807, 2.05) is 0 Å². The summed E-state index contributed by atoms with van der Waals surface area (Å²) in [4.78, 5) is 9.02. The highest BCUT2D eigenvalue weighted by atomic mass is 16.5. The molecule has 0 amide bonds. The average molecular weight is 380 g/mol. The van der Waals surface area contributed by atoms with Crippen molar-refractivity contribution in [1.29, 1.82) is 0 Å². The molecule has 1 fully saturated rings. The molecular formula is C20H37N5O2. The van der Waals surface area contributed by atoms with Crippen LogP contribution in [0.5, 0.6) is 0 Å². The molecule has 1 heterocycles. The van der Waals surface area contributed by atoms with E-state index in [4.69, 9.17) is 9.26 Å². The molecule has 154 valence electrons. The third-order valence-electron chi connectivity index (χ3n) is 4.68. The molecule has 27 heavy (non-hydrogen) atoms. The maximum Gasteiger partial charge on any atom is 0.226 e. The summed E-state index contributed by atoms with van der Waals surface area (Å²) in [6.07, 6.45) is 9.62. The molecule has 0 saturated heterocycles. The number of hydrogen-bond acceptors (Lipinski definition) is 5. The van der Waals surface area contributed by atoms with Gasteiger partial charge in [-0.15, -0.1) is 0 Å². The van der Waals surface area contributed by atoms with Crippen molar-refractivity contribution >= 4 is 5.96 Å². The molecule has 0 aliphatic heterocycles. The van der Waals surface area contributed by atoms with Crippen molar-refractivity contribution in [3.8, 4) is 0 Å². The first-order valence-electron chi connectivity index (χ1n) is 10.6. The van der Waals surface area contributed by atoms with E-state index in [0.717, 1.165) is 57.3 Å². The van der Waals surface area contributed by atoms with Gasteiger partial charge in [-0.25, -0.2) is 0 Å². The zero-order valence-electron chi connectivity index (χ0n) is 17.3. The average Bonchev–Trinajstić information content (AvgIpc) is 3.15. The summed E-state index contributed by atoms with van der Waals surface area (Å²) in [7, 11) is 0. The van der Waals surface area contributed by atoms with Crippen molar-refractivity contribution in [3.05, 3.63) is 11.7 Å². The second-order valence-corrected chi connectivity index (χ2v) is 7.48. The maximum atomic E-state index is 5.97. The van der Waals surface area contributed by atoms with Gasteiger partial charge >= 0.3 is 0 Å². The summed E-state index contributed by atoms with van der Waals surface area (Å²) >= 11 is 0. The minimum absolute atomic E-state index is 0.298. The van der Waals surface area contributed by atoms with Crippen molar-refractivity contribution in [3.63, 3.8) is 0 Å². The van der Waals surface area contributed by atoms with Gasteiger partial charge in [0.25, 0.3) is 0 Å². The number of aryl methyl sites for hydroxylation is 1. The molecular weight excluding hydrogens is 342 g/mol. The third kappa shape index (κ3) is 8.73. The molecule has 7 nitrogen and oxygen atoms in total. The normalized spacial score (nSPS) is 16.1. The van der Waals surface area contributed by atoms with Crippen LogP contribution in [0.1, 0.15) is 83.3 Å². The molecule has 1 aromatic rings. The van der Waals surface area contributed by atoms with Crippen LogP contribution in [0, 0.1) is 0 Å². The van der Waals surface area contributed by atoms with E-state index >= 15 is 0 Å². The number of aromatic nitrogens is 2. The SMILES string of the molecule is CCNC(=NCCCc1nc(C(C)C)no1)NCCCOC1CCCCC1. The number of hydrogen-bond donors (Lipinski definition) is 2. The number of aliphatic imine (C=N–C) groups is 1. The molecule has 1 aromatic heterocycles. The molecule has 1 aliphatic carbocycles. The van der Waals surface area contributed by atoms with Gasteiger partial charge in [-0.1, -0.05) is 38.3 Å². The Morgan fingerprint density at radius 3 is 2.74 bits per heavy atom. The van der Waals surface area contributed by atoms with Crippen LogP contribution in [0.25, 0.3) is 0 Å². The van der Waals surface area contributed by atoms with E-state index in [-0.39, 0.29) is 0 Å². The van der Waals surface area contributed by atoms with Gasteiger partial charge in [-0.05, 0) is 32.6 Å². The van der Waals surface area contributed by atoms with E-state index in [1.54, 1.807) is 0 Å². The van der Waals surface area contributed by atoms with E-state index < -0.39 is 0 Å². The molecule has 0 aromatic carbocycles. The van der Waals surface area contributed by atoms with Crippen LogP contribution in [0.4, 0.5) is 0 Å². The Kier molecular flexibility index (Phi) is 10.2. The van der Waals surface area contributed by atoms with Crippen molar-refractivity contribution in [2.24, 2.45) is 4.99 Å². The van der Waals surface area contributed by atoms with E-state index in [0.29, 0.717) is 17.9 Å². The maximum absolute atomic E-state index is 5.97. The fraction of sp³-hybridized carbons (Fsp3) is 0.850. The molecule has 2 N–H and O–H groups in total. The minimum atomic E-state index is 0.298. The van der Waals surface area contributed by atoms with Gasteiger partial charge in [-0.3, -0.25) is 4.99 Å². The topological polar surface area (TPSA) is 84.6 Å². The highest BCUT2D eigenvalue weighted by Crippen LogP contribution is 2.20. The Bertz CT molecular complexity index is 538. The fourth-order valence-corrected chi connectivity index (χ4v) is 3.13. The lowest BCUT2D eigenvalue weighted by atomic mass is 9.98. The van der Waals surface area contributed by atoms with Crippen LogP contribution in [0.15, 0.2) is 9.52 Å². The second kappa shape index (κ2) is 12.7. The van der Waals surface area contributed by atoms with Gasteiger partial charge in [0.05, 0.1) is 6.10 Å². The van der Waals surface area contributed by atoms with Gasteiger partial charge in [-0.2, -0.15) is 4.98 Å². The largest absolute Gasteiger partial charge is 0.378 e. The Balaban J connectivity index is 1.59. The Morgan fingerprint density at radius 1 is 1.22 bits per heavy atom. The number of nitrogens with zero attached hydrogens (tertiary/aromatic N) is 3. The van der Waals surface area contributed by atoms with Gasteiger partial charge < -0.3 is 19.9 Å². The monoisotopic (exact) mass is 379 g/mol. The predicted molar refractivity (Wildman–Crippen MR) is 108 cm³/mol. The molecule has 0 bridgehead atoms. The van der Waals surface area contributed by atoms with E-state index in [9.17, 15) is 0 Å². The molecule has 0 unspecified atom stereocenters. The van der Waals surface area contributed by atoms with Gasteiger partial charge in [0.2, 0.25) is 5.89 Å². The molecule has 1 saturated carbocycles. The molecule has 2 rings (SSSR count). The zero-order chi connectivity index (χ0) is 19.3. The molecule has 0 radical (unpaired) electrons. The van der Waals surface area contributed by atoms with Crippen molar-refractivity contribution in [2.75, 3.05) is 26.2 Å². The smallest absolute Gasteiger partial charge is 0.226 e. The van der Waals surface area contributed by atoms with Crippen molar-refractivity contribution in [2.45, 2.75) is 84.2 Å². The van der Waals surface area contributed by atoms with Crippen LogP contribution in [0.3, 0.4) is 0 Å². The Hall–Kier alpha value is -1.63. The first-order valence-corrected chi connectivity index (χ1v) is 10.6.